The molecule has 0 aliphatic carbocycles. The van der Waals surface area contributed by atoms with Crippen LogP contribution in [0.1, 0.15) is 29.8 Å². The molecule has 0 saturated carbocycles. The maximum Gasteiger partial charge on any atom is 0.321 e. The Bertz CT molecular complexity index is 1530. The van der Waals surface area contributed by atoms with Crippen LogP contribution in [0, 0.1) is 18.7 Å². The van der Waals surface area contributed by atoms with Crippen LogP contribution in [0.25, 0.3) is 0 Å². The van der Waals surface area contributed by atoms with E-state index in [4.69, 9.17) is 4.74 Å². The number of likely N-dealkylation sites (N-methyl/N-ethyl adjacent to an activating group) is 1. The highest BCUT2D eigenvalue weighted by Crippen LogP contribution is 2.36. The summed E-state index contributed by atoms with van der Waals surface area (Å²) in [5.74, 6) is -1.16. The van der Waals surface area contributed by atoms with Crippen molar-refractivity contribution in [3.63, 3.8) is 0 Å². The lowest BCUT2D eigenvalue weighted by atomic mass is 9.99. The number of urea groups is 1. The van der Waals surface area contributed by atoms with Crippen molar-refractivity contribution in [1.29, 1.82) is 0 Å². The van der Waals surface area contributed by atoms with Gasteiger partial charge in [-0.25, -0.2) is 17.6 Å². The SMILES string of the molecule is Cc1ccc(S(=O)(=O)Nc2cccc3c2O[C@@H](CN(C)C(=O)Nc2ccc(F)cc2)[C@@H](C)CN([C@@H](C)CO)C3=O)cc1. The van der Waals surface area contributed by atoms with E-state index in [1.54, 1.807) is 32.2 Å². The lowest BCUT2D eigenvalue weighted by Crippen LogP contribution is -2.50. The minimum absolute atomic E-state index is 0.0252. The van der Waals surface area contributed by atoms with Crippen molar-refractivity contribution in [2.24, 2.45) is 5.92 Å². The van der Waals surface area contributed by atoms with E-state index in [2.05, 4.69) is 10.0 Å². The minimum atomic E-state index is -4.04. The number of halogens is 1. The quantitative estimate of drug-likeness (QED) is 0.354. The van der Waals surface area contributed by atoms with Gasteiger partial charge < -0.3 is 25.0 Å². The number of fused-ring (bicyclic) bond motifs is 1. The number of aliphatic hydroxyl groups excluding tert-OH is 1. The van der Waals surface area contributed by atoms with Crippen molar-refractivity contribution < 1.29 is 32.2 Å². The molecule has 1 aliphatic rings. The van der Waals surface area contributed by atoms with Gasteiger partial charge in [0, 0.05) is 25.2 Å². The monoisotopic (exact) mass is 598 g/mol. The molecule has 0 aromatic heterocycles. The average molecular weight is 599 g/mol. The van der Waals surface area contributed by atoms with Crippen molar-refractivity contribution in [2.45, 2.75) is 37.8 Å². The van der Waals surface area contributed by atoms with Gasteiger partial charge in [-0.3, -0.25) is 9.52 Å². The van der Waals surface area contributed by atoms with Gasteiger partial charge in [-0.1, -0.05) is 30.7 Å². The van der Waals surface area contributed by atoms with Gasteiger partial charge in [0.1, 0.15) is 11.9 Å². The summed E-state index contributed by atoms with van der Waals surface area (Å²) in [5.41, 5.74) is 1.49. The van der Waals surface area contributed by atoms with Gasteiger partial charge in [0.25, 0.3) is 15.9 Å². The fourth-order valence-corrected chi connectivity index (χ4v) is 5.63. The normalized spacial score (nSPS) is 17.8. The number of sulfonamides is 1. The van der Waals surface area contributed by atoms with Crippen LogP contribution in [-0.4, -0.2) is 74.2 Å². The van der Waals surface area contributed by atoms with Crippen LogP contribution in [0.15, 0.2) is 71.6 Å². The van der Waals surface area contributed by atoms with E-state index in [1.165, 1.54) is 58.3 Å². The minimum Gasteiger partial charge on any atom is -0.485 e. The summed E-state index contributed by atoms with van der Waals surface area (Å²) in [5, 5.41) is 12.6. The zero-order valence-corrected chi connectivity index (χ0v) is 24.7. The Morgan fingerprint density at radius 2 is 1.81 bits per heavy atom. The van der Waals surface area contributed by atoms with Gasteiger partial charge in [-0.05, 0) is 62.4 Å². The second-order valence-electron chi connectivity index (χ2n) is 10.5. The van der Waals surface area contributed by atoms with Gasteiger partial charge in [0.05, 0.1) is 35.3 Å². The molecule has 1 aliphatic heterocycles. The first-order valence-corrected chi connectivity index (χ1v) is 15.0. The summed E-state index contributed by atoms with van der Waals surface area (Å²) in [6, 6.07) is 15.3. The van der Waals surface area contributed by atoms with Gasteiger partial charge in [0.15, 0.2) is 5.75 Å². The first-order valence-electron chi connectivity index (χ1n) is 13.5. The molecule has 3 N–H and O–H groups in total. The van der Waals surface area contributed by atoms with Gasteiger partial charge in [-0.2, -0.15) is 0 Å². The average Bonchev–Trinajstić information content (AvgIpc) is 2.96. The molecule has 1 heterocycles. The zero-order chi connectivity index (χ0) is 30.6. The first kappa shape index (κ1) is 30.8. The number of amides is 3. The zero-order valence-electron chi connectivity index (χ0n) is 23.9. The van der Waals surface area contributed by atoms with Gasteiger partial charge >= 0.3 is 6.03 Å². The Hall–Kier alpha value is -4.16. The number of para-hydroxylation sites is 1. The number of nitrogens with one attached hydrogen (secondary N) is 2. The van der Waals surface area contributed by atoms with Crippen LogP contribution in [0.5, 0.6) is 5.75 Å². The number of hydrogen-bond donors (Lipinski definition) is 3. The molecule has 0 unspecified atom stereocenters. The number of carbonyl (C=O) groups excluding carboxylic acids is 2. The molecule has 12 heteroatoms. The number of carbonyl (C=O) groups is 2. The number of nitrogens with zero attached hydrogens (tertiary/aromatic N) is 2. The van der Waals surface area contributed by atoms with E-state index in [0.717, 1.165) is 5.56 Å². The van der Waals surface area contributed by atoms with Crippen LogP contribution in [0.2, 0.25) is 0 Å². The van der Waals surface area contributed by atoms with Crippen molar-refractivity contribution >= 4 is 33.3 Å². The maximum absolute atomic E-state index is 13.7. The van der Waals surface area contributed by atoms with Crippen molar-refractivity contribution in [3.05, 3.63) is 83.7 Å². The van der Waals surface area contributed by atoms with E-state index in [9.17, 15) is 27.5 Å². The molecule has 0 fully saturated rings. The molecule has 3 atom stereocenters. The molecule has 0 radical (unpaired) electrons. The summed E-state index contributed by atoms with van der Waals surface area (Å²) in [7, 11) is -2.47. The van der Waals surface area contributed by atoms with E-state index < -0.39 is 39.9 Å². The second-order valence-corrected chi connectivity index (χ2v) is 12.2. The molecule has 0 bridgehead atoms. The molecule has 3 aromatic rings. The summed E-state index contributed by atoms with van der Waals surface area (Å²) in [6.07, 6.45) is -0.681. The van der Waals surface area contributed by atoms with Crippen molar-refractivity contribution in [3.8, 4) is 5.75 Å². The van der Waals surface area contributed by atoms with E-state index in [-0.39, 0.29) is 47.5 Å². The van der Waals surface area contributed by atoms with Crippen LogP contribution in [0.4, 0.5) is 20.6 Å². The van der Waals surface area contributed by atoms with Gasteiger partial charge in [-0.15, -0.1) is 0 Å². The lowest BCUT2D eigenvalue weighted by Gasteiger charge is -2.38. The molecule has 0 saturated heterocycles. The Morgan fingerprint density at radius 3 is 2.45 bits per heavy atom. The fourth-order valence-electron chi connectivity index (χ4n) is 4.57. The molecule has 224 valence electrons. The molecule has 10 nitrogen and oxygen atoms in total. The Morgan fingerprint density at radius 1 is 1.14 bits per heavy atom. The molecule has 3 aromatic carbocycles. The number of rotatable bonds is 8. The number of aryl methyl sites for hydroxylation is 1. The molecule has 42 heavy (non-hydrogen) atoms. The summed E-state index contributed by atoms with van der Waals surface area (Å²) < 4.78 is 48.8. The van der Waals surface area contributed by atoms with Crippen LogP contribution in [0.3, 0.4) is 0 Å². The summed E-state index contributed by atoms with van der Waals surface area (Å²) in [6.45, 7) is 5.43. The van der Waals surface area contributed by atoms with E-state index in [0.29, 0.717) is 5.69 Å². The smallest absolute Gasteiger partial charge is 0.321 e. The van der Waals surface area contributed by atoms with Crippen LogP contribution < -0.4 is 14.8 Å². The Balaban J connectivity index is 1.68. The first-order chi connectivity index (χ1) is 19.9. The third-order valence-corrected chi connectivity index (χ3v) is 8.54. The fraction of sp³-hybridized carbons (Fsp3) is 0.333. The molecular weight excluding hydrogens is 563 g/mol. The number of benzene rings is 3. The lowest BCUT2D eigenvalue weighted by molar-refractivity contribution is 0.0373. The highest BCUT2D eigenvalue weighted by Gasteiger charge is 2.35. The highest BCUT2D eigenvalue weighted by molar-refractivity contribution is 7.92. The standard InChI is InChI=1S/C30H35FN4O6S/c1-19-8-14-24(15-9-19)42(39,40)33-26-7-5-6-25-28(26)41-27(20(2)16-35(29(25)37)21(3)18-36)17-34(4)30(38)32-23-12-10-22(31)11-13-23/h5-15,20-21,27,33,36H,16-18H2,1-4H3,(H,32,38)/t20-,21-,27-/m0/s1. The number of aliphatic hydroxyl groups is 1. The highest BCUT2D eigenvalue weighted by atomic mass is 32.2. The number of anilines is 2. The van der Waals surface area contributed by atoms with E-state index >= 15 is 0 Å². The van der Waals surface area contributed by atoms with Crippen molar-refractivity contribution in [2.75, 3.05) is 36.8 Å². The van der Waals surface area contributed by atoms with Crippen LogP contribution in [-0.2, 0) is 10.0 Å². The molecular formula is C30H35FN4O6S. The molecule has 0 spiro atoms. The van der Waals surface area contributed by atoms with Crippen molar-refractivity contribution in [1.82, 2.24) is 9.80 Å². The second kappa shape index (κ2) is 12.8. The van der Waals surface area contributed by atoms with Crippen LogP contribution >= 0.6 is 0 Å². The Kier molecular flexibility index (Phi) is 9.37. The third kappa shape index (κ3) is 7.00. The Labute approximate surface area is 245 Å². The predicted molar refractivity (Wildman–Crippen MR) is 158 cm³/mol. The molecule has 4 rings (SSSR count). The predicted octanol–water partition coefficient (Wildman–Crippen LogP) is 4.32. The largest absolute Gasteiger partial charge is 0.485 e. The van der Waals surface area contributed by atoms with E-state index in [1.807, 2.05) is 13.8 Å². The number of ether oxygens (including phenoxy) is 1. The summed E-state index contributed by atoms with van der Waals surface area (Å²) in [4.78, 5) is 29.6. The molecule has 3 amide bonds. The van der Waals surface area contributed by atoms with Gasteiger partial charge in [0.2, 0.25) is 0 Å². The topological polar surface area (TPSA) is 128 Å². The third-order valence-electron chi connectivity index (χ3n) is 7.16. The summed E-state index contributed by atoms with van der Waals surface area (Å²) >= 11 is 0. The number of hydrogen-bond acceptors (Lipinski definition) is 6. The maximum atomic E-state index is 13.7.